The topological polar surface area (TPSA) is 55.4 Å². The summed E-state index contributed by atoms with van der Waals surface area (Å²) in [6.07, 6.45) is 1.43. The first-order valence-electron chi connectivity index (χ1n) is 5.02. The second-order valence-electron chi connectivity index (χ2n) is 3.44. The van der Waals surface area contributed by atoms with Gasteiger partial charge in [-0.15, -0.1) is 0 Å². The Morgan fingerprint density at radius 3 is 3.00 bits per heavy atom. The molecule has 4 nitrogen and oxygen atoms in total. The normalized spacial score (nSPS) is 17.0. The molecule has 1 saturated heterocycles. The Morgan fingerprint density at radius 1 is 1.53 bits per heavy atom. The van der Waals surface area contributed by atoms with Crippen molar-refractivity contribution in [3.8, 4) is 5.75 Å². The fourth-order valence-electron chi connectivity index (χ4n) is 1.41. The lowest BCUT2D eigenvalue weighted by molar-refractivity contribution is -0.117. The molecule has 0 bridgehead atoms. The molecule has 0 atom stereocenters. The lowest BCUT2D eigenvalue weighted by atomic mass is 10.1. The van der Waals surface area contributed by atoms with Gasteiger partial charge in [-0.25, -0.2) is 0 Å². The molecular formula is C12H11NO3S. The number of amides is 1. The van der Waals surface area contributed by atoms with E-state index >= 15 is 0 Å². The van der Waals surface area contributed by atoms with E-state index in [0.29, 0.717) is 22.1 Å². The zero-order chi connectivity index (χ0) is 12.3. The zero-order valence-electron chi connectivity index (χ0n) is 9.23. The van der Waals surface area contributed by atoms with Crippen molar-refractivity contribution in [1.29, 1.82) is 0 Å². The molecule has 0 aliphatic carbocycles. The summed E-state index contributed by atoms with van der Waals surface area (Å²) in [5.74, 6) is 0.794. The minimum absolute atomic E-state index is 0.0697. The van der Waals surface area contributed by atoms with E-state index < -0.39 is 0 Å². The van der Waals surface area contributed by atoms with E-state index in [1.807, 2.05) is 0 Å². The van der Waals surface area contributed by atoms with Crippen LogP contribution in [0.3, 0.4) is 0 Å². The number of thioether (sulfide) groups is 1. The molecule has 0 saturated carbocycles. The lowest BCUT2D eigenvalue weighted by Gasteiger charge is -2.01. The maximum absolute atomic E-state index is 11.9. The molecule has 1 N–H and O–H groups in total. The fraction of sp³-hybridized carbons (Fsp3) is 0.167. The molecule has 0 radical (unpaired) electrons. The van der Waals surface area contributed by atoms with E-state index in [1.165, 1.54) is 17.8 Å². The summed E-state index contributed by atoms with van der Waals surface area (Å²) >= 11 is 1.33. The third-order valence-corrected chi connectivity index (χ3v) is 3.18. The van der Waals surface area contributed by atoms with Gasteiger partial charge in [-0.3, -0.25) is 9.59 Å². The van der Waals surface area contributed by atoms with E-state index in [0.717, 1.165) is 0 Å². The Balaban J connectivity index is 2.17. The van der Waals surface area contributed by atoms with Gasteiger partial charge in [-0.1, -0.05) is 23.9 Å². The molecule has 1 heterocycles. The summed E-state index contributed by atoms with van der Waals surface area (Å²) in [4.78, 5) is 22.8. The van der Waals surface area contributed by atoms with Crippen molar-refractivity contribution in [2.75, 3.05) is 12.9 Å². The van der Waals surface area contributed by atoms with E-state index in [-0.39, 0.29) is 11.7 Å². The van der Waals surface area contributed by atoms with Crippen LogP contribution in [0.2, 0.25) is 0 Å². The first-order chi connectivity index (χ1) is 8.19. The van der Waals surface area contributed by atoms with Gasteiger partial charge in [0.1, 0.15) is 5.75 Å². The predicted molar refractivity (Wildman–Crippen MR) is 66.0 cm³/mol. The number of ketones is 1. The van der Waals surface area contributed by atoms with Crippen LogP contribution in [-0.2, 0) is 4.79 Å². The van der Waals surface area contributed by atoms with Crippen molar-refractivity contribution in [3.63, 3.8) is 0 Å². The number of nitrogens with one attached hydrogen (secondary N) is 1. The molecule has 1 fully saturated rings. The molecule has 1 aliphatic rings. The molecule has 1 amide bonds. The summed E-state index contributed by atoms with van der Waals surface area (Å²) in [7, 11) is 1.55. The van der Waals surface area contributed by atoms with Gasteiger partial charge < -0.3 is 10.1 Å². The average molecular weight is 249 g/mol. The highest BCUT2D eigenvalue weighted by atomic mass is 32.2. The number of carbonyl (C=O) groups is 2. The standard InChI is InChI=1S/C12H11NO3S/c1-16-9-4-2-3-8(5-9)10(14)6-12-13-11(15)7-17-12/h2-6H,7H2,1H3,(H,13,15). The number of hydrogen-bond donors (Lipinski definition) is 1. The summed E-state index contributed by atoms with van der Waals surface area (Å²) < 4.78 is 5.04. The first kappa shape index (κ1) is 11.7. The van der Waals surface area contributed by atoms with Gasteiger partial charge in [-0.2, -0.15) is 0 Å². The van der Waals surface area contributed by atoms with E-state index in [9.17, 15) is 9.59 Å². The van der Waals surface area contributed by atoms with Crippen LogP contribution in [0.5, 0.6) is 5.75 Å². The highest BCUT2D eigenvalue weighted by Crippen LogP contribution is 2.20. The van der Waals surface area contributed by atoms with E-state index in [1.54, 1.807) is 31.4 Å². The molecule has 1 aliphatic heterocycles. The summed E-state index contributed by atoms with van der Waals surface area (Å²) in [5.41, 5.74) is 0.540. The quantitative estimate of drug-likeness (QED) is 0.652. The molecule has 0 aromatic heterocycles. The Hall–Kier alpha value is -1.75. The van der Waals surface area contributed by atoms with Crippen molar-refractivity contribution in [2.24, 2.45) is 0 Å². The van der Waals surface area contributed by atoms with Crippen LogP contribution in [0.25, 0.3) is 0 Å². The minimum Gasteiger partial charge on any atom is -0.497 e. The predicted octanol–water partition coefficient (Wildman–Crippen LogP) is 1.58. The van der Waals surface area contributed by atoms with Gasteiger partial charge in [0.15, 0.2) is 5.78 Å². The Kier molecular flexibility index (Phi) is 3.49. The number of ether oxygens (including phenoxy) is 1. The summed E-state index contributed by atoms with van der Waals surface area (Å²) in [6.45, 7) is 0. The van der Waals surface area contributed by atoms with E-state index in [4.69, 9.17) is 4.74 Å². The number of carbonyl (C=O) groups excluding carboxylic acids is 2. The Morgan fingerprint density at radius 2 is 2.35 bits per heavy atom. The molecule has 2 rings (SSSR count). The number of hydrogen-bond acceptors (Lipinski definition) is 4. The molecule has 5 heteroatoms. The van der Waals surface area contributed by atoms with E-state index in [2.05, 4.69) is 5.32 Å². The highest BCUT2D eigenvalue weighted by molar-refractivity contribution is 8.04. The zero-order valence-corrected chi connectivity index (χ0v) is 10.0. The van der Waals surface area contributed by atoms with Gasteiger partial charge >= 0.3 is 0 Å². The monoisotopic (exact) mass is 249 g/mol. The van der Waals surface area contributed by atoms with Gasteiger partial charge in [0, 0.05) is 11.6 Å². The molecule has 1 aromatic carbocycles. The largest absolute Gasteiger partial charge is 0.497 e. The Labute approximate surface area is 103 Å². The van der Waals surface area contributed by atoms with Gasteiger partial charge in [0.2, 0.25) is 5.91 Å². The highest BCUT2D eigenvalue weighted by Gasteiger charge is 2.16. The van der Waals surface area contributed by atoms with Gasteiger partial charge in [0.05, 0.1) is 17.9 Å². The van der Waals surface area contributed by atoms with Crippen molar-refractivity contribution >= 4 is 23.5 Å². The molecule has 17 heavy (non-hydrogen) atoms. The van der Waals surface area contributed by atoms with Crippen LogP contribution >= 0.6 is 11.8 Å². The van der Waals surface area contributed by atoms with Crippen LogP contribution in [-0.4, -0.2) is 24.6 Å². The first-order valence-corrected chi connectivity index (χ1v) is 6.00. The maximum Gasteiger partial charge on any atom is 0.235 e. The summed E-state index contributed by atoms with van der Waals surface area (Å²) in [5, 5.41) is 3.22. The van der Waals surface area contributed by atoms with Crippen molar-refractivity contribution in [2.45, 2.75) is 0 Å². The molecule has 1 aromatic rings. The van der Waals surface area contributed by atoms with Crippen LogP contribution in [0.4, 0.5) is 0 Å². The third kappa shape index (κ3) is 2.88. The van der Waals surface area contributed by atoms with Crippen molar-refractivity contribution in [1.82, 2.24) is 5.32 Å². The number of rotatable bonds is 3. The Bertz CT molecular complexity index is 496. The smallest absolute Gasteiger partial charge is 0.235 e. The molecular weight excluding hydrogens is 238 g/mol. The summed E-state index contributed by atoms with van der Waals surface area (Å²) in [6, 6.07) is 6.91. The maximum atomic E-state index is 11.9. The lowest BCUT2D eigenvalue weighted by Crippen LogP contribution is -2.14. The van der Waals surface area contributed by atoms with Crippen LogP contribution < -0.4 is 10.1 Å². The molecule has 0 spiro atoms. The van der Waals surface area contributed by atoms with Gasteiger partial charge in [0.25, 0.3) is 0 Å². The van der Waals surface area contributed by atoms with Gasteiger partial charge in [-0.05, 0) is 12.1 Å². The number of benzene rings is 1. The van der Waals surface area contributed by atoms with Crippen LogP contribution in [0, 0.1) is 0 Å². The second kappa shape index (κ2) is 5.05. The molecule has 88 valence electrons. The fourth-order valence-corrected chi connectivity index (χ4v) is 2.14. The number of allylic oxidation sites excluding steroid dienone is 1. The van der Waals surface area contributed by atoms with Crippen LogP contribution in [0.15, 0.2) is 35.4 Å². The third-order valence-electron chi connectivity index (χ3n) is 2.24. The van der Waals surface area contributed by atoms with Crippen molar-refractivity contribution < 1.29 is 14.3 Å². The molecule has 0 unspecified atom stereocenters. The average Bonchev–Trinajstić information content (AvgIpc) is 2.75. The number of methoxy groups -OCH3 is 1. The minimum atomic E-state index is -0.145. The van der Waals surface area contributed by atoms with Crippen molar-refractivity contribution in [3.05, 3.63) is 40.9 Å². The second-order valence-corrected chi connectivity index (χ2v) is 4.46. The van der Waals surface area contributed by atoms with Crippen LogP contribution in [0.1, 0.15) is 10.4 Å². The SMILES string of the molecule is COc1cccc(C(=O)C=C2NC(=O)CS2)c1.